The molecule has 1 unspecified atom stereocenters. The predicted molar refractivity (Wildman–Crippen MR) is 137 cm³/mol. The summed E-state index contributed by atoms with van der Waals surface area (Å²) in [6, 6.07) is 24.8. The van der Waals surface area contributed by atoms with Gasteiger partial charge in [0.2, 0.25) is 5.91 Å². The van der Waals surface area contributed by atoms with Gasteiger partial charge in [-0.25, -0.2) is 4.98 Å². The Bertz CT molecular complexity index is 1310. The third kappa shape index (κ3) is 4.18. The minimum absolute atomic E-state index is 0.0378. The summed E-state index contributed by atoms with van der Waals surface area (Å²) in [6.07, 6.45) is 0.457. The number of imidazole rings is 1. The maximum Gasteiger partial charge on any atom is 0.227 e. The van der Waals surface area contributed by atoms with E-state index in [9.17, 15) is 4.79 Å². The van der Waals surface area contributed by atoms with Crippen molar-refractivity contribution >= 4 is 22.6 Å². The molecule has 1 saturated heterocycles. The fourth-order valence-electron chi connectivity index (χ4n) is 4.76. The number of aromatic nitrogens is 2. The summed E-state index contributed by atoms with van der Waals surface area (Å²) in [5.41, 5.74) is 5.65. The molecule has 1 fully saturated rings. The quantitative estimate of drug-likeness (QED) is 0.377. The molecule has 3 aromatic carbocycles. The van der Waals surface area contributed by atoms with Crippen LogP contribution < -0.4 is 9.64 Å². The SMILES string of the molecule is COc1ccc(N2CC(c3nc4ccccc4n3Cc3ccc(C(C)(C)C)cc3)CC2=O)cc1. The van der Waals surface area contributed by atoms with Crippen LogP contribution in [0.4, 0.5) is 5.69 Å². The maximum absolute atomic E-state index is 13.0. The average molecular weight is 454 g/mol. The average Bonchev–Trinajstić information content (AvgIpc) is 3.39. The van der Waals surface area contributed by atoms with Gasteiger partial charge in [0.05, 0.1) is 18.1 Å². The lowest BCUT2D eigenvalue weighted by atomic mass is 9.87. The number of hydrogen-bond acceptors (Lipinski definition) is 3. The van der Waals surface area contributed by atoms with E-state index in [1.165, 1.54) is 11.1 Å². The standard InChI is InChI=1S/C29H31N3O2/c1-29(2,3)22-11-9-20(10-12-22)18-32-26-8-6-5-7-25(26)30-28(32)21-17-27(33)31(19-21)23-13-15-24(34-4)16-14-23/h5-16,21H,17-19H2,1-4H3. The molecule has 1 aliphatic rings. The van der Waals surface area contributed by atoms with Crippen LogP contribution in [0.5, 0.6) is 5.75 Å². The molecular weight excluding hydrogens is 422 g/mol. The minimum Gasteiger partial charge on any atom is -0.497 e. The lowest BCUT2D eigenvalue weighted by molar-refractivity contribution is -0.117. The smallest absolute Gasteiger partial charge is 0.227 e. The highest BCUT2D eigenvalue weighted by Gasteiger charge is 2.35. The molecule has 1 amide bonds. The number of ether oxygens (including phenoxy) is 1. The Balaban J connectivity index is 1.47. The van der Waals surface area contributed by atoms with Gasteiger partial charge in [-0.2, -0.15) is 0 Å². The van der Waals surface area contributed by atoms with Crippen molar-refractivity contribution in [1.29, 1.82) is 0 Å². The number of benzene rings is 3. The van der Waals surface area contributed by atoms with Crippen molar-refractivity contribution in [2.24, 2.45) is 0 Å². The van der Waals surface area contributed by atoms with E-state index in [0.29, 0.717) is 13.0 Å². The Morgan fingerprint density at radius 3 is 2.35 bits per heavy atom. The Labute approximate surface area is 201 Å². The number of anilines is 1. The van der Waals surface area contributed by atoms with E-state index in [1.807, 2.05) is 35.2 Å². The third-order valence-corrected chi connectivity index (χ3v) is 6.72. The minimum atomic E-state index is 0.0378. The van der Waals surface area contributed by atoms with E-state index in [2.05, 4.69) is 67.8 Å². The number of fused-ring (bicyclic) bond motifs is 1. The third-order valence-electron chi connectivity index (χ3n) is 6.72. The Kier molecular flexibility index (Phi) is 5.64. The van der Waals surface area contributed by atoms with Gasteiger partial charge in [-0.3, -0.25) is 4.79 Å². The summed E-state index contributed by atoms with van der Waals surface area (Å²) in [5, 5.41) is 0. The monoisotopic (exact) mass is 453 g/mol. The van der Waals surface area contributed by atoms with Crippen LogP contribution in [0.2, 0.25) is 0 Å². The highest BCUT2D eigenvalue weighted by atomic mass is 16.5. The molecule has 1 atom stereocenters. The Morgan fingerprint density at radius 1 is 0.971 bits per heavy atom. The Morgan fingerprint density at radius 2 is 1.68 bits per heavy atom. The van der Waals surface area contributed by atoms with E-state index >= 15 is 0 Å². The first-order valence-corrected chi connectivity index (χ1v) is 11.8. The van der Waals surface area contributed by atoms with Crippen LogP contribution in [-0.2, 0) is 16.8 Å². The van der Waals surface area contributed by atoms with Crippen LogP contribution in [-0.4, -0.2) is 29.1 Å². The van der Waals surface area contributed by atoms with Crippen molar-refractivity contribution < 1.29 is 9.53 Å². The van der Waals surface area contributed by atoms with Crippen molar-refractivity contribution in [3.63, 3.8) is 0 Å². The summed E-state index contributed by atoms with van der Waals surface area (Å²) in [6.45, 7) is 8.05. The van der Waals surface area contributed by atoms with Gasteiger partial charge in [0.25, 0.3) is 0 Å². The molecule has 0 N–H and O–H groups in total. The van der Waals surface area contributed by atoms with Crippen LogP contribution in [0.1, 0.15) is 50.1 Å². The number of rotatable bonds is 5. The fourth-order valence-corrected chi connectivity index (χ4v) is 4.76. The topological polar surface area (TPSA) is 47.4 Å². The van der Waals surface area contributed by atoms with Crippen LogP contribution in [0, 0.1) is 0 Å². The van der Waals surface area contributed by atoms with Gasteiger partial charge in [0, 0.05) is 31.1 Å². The molecule has 2 heterocycles. The molecule has 1 aromatic heterocycles. The molecule has 5 nitrogen and oxygen atoms in total. The van der Waals surface area contributed by atoms with Gasteiger partial charge in [-0.1, -0.05) is 57.2 Å². The molecule has 0 bridgehead atoms. The van der Waals surface area contributed by atoms with E-state index in [4.69, 9.17) is 9.72 Å². The first-order valence-electron chi connectivity index (χ1n) is 11.8. The summed E-state index contributed by atoms with van der Waals surface area (Å²) in [7, 11) is 1.65. The van der Waals surface area contributed by atoms with E-state index in [1.54, 1.807) is 7.11 Å². The van der Waals surface area contributed by atoms with E-state index in [-0.39, 0.29) is 17.2 Å². The molecule has 4 aromatic rings. The van der Waals surface area contributed by atoms with Crippen molar-refractivity contribution in [2.75, 3.05) is 18.6 Å². The number of para-hydroxylation sites is 2. The molecule has 0 radical (unpaired) electrons. The molecule has 0 spiro atoms. The second-order valence-electron chi connectivity index (χ2n) is 10.1. The number of methoxy groups -OCH3 is 1. The van der Waals surface area contributed by atoms with Gasteiger partial charge in [0.15, 0.2) is 0 Å². The van der Waals surface area contributed by atoms with Crippen LogP contribution >= 0.6 is 0 Å². The summed E-state index contributed by atoms with van der Waals surface area (Å²) in [4.78, 5) is 19.9. The van der Waals surface area contributed by atoms with Crippen molar-refractivity contribution in [3.8, 4) is 5.75 Å². The van der Waals surface area contributed by atoms with Crippen LogP contribution in [0.3, 0.4) is 0 Å². The van der Waals surface area contributed by atoms with Crippen molar-refractivity contribution in [2.45, 2.75) is 45.1 Å². The molecular formula is C29H31N3O2. The number of nitrogens with zero attached hydrogens (tertiary/aromatic N) is 3. The largest absolute Gasteiger partial charge is 0.497 e. The molecule has 0 aliphatic carbocycles. The molecule has 5 heteroatoms. The fraction of sp³-hybridized carbons (Fsp3) is 0.310. The maximum atomic E-state index is 13.0. The number of carbonyl (C=O) groups excluding carboxylic acids is 1. The number of carbonyl (C=O) groups is 1. The number of amides is 1. The molecule has 1 aliphatic heterocycles. The van der Waals surface area contributed by atoms with Gasteiger partial charge in [-0.05, 0) is 52.9 Å². The first-order chi connectivity index (χ1) is 16.3. The van der Waals surface area contributed by atoms with Crippen LogP contribution in [0.15, 0.2) is 72.8 Å². The zero-order valence-electron chi connectivity index (χ0n) is 20.3. The summed E-state index contributed by atoms with van der Waals surface area (Å²) in [5.74, 6) is 1.93. The van der Waals surface area contributed by atoms with Crippen LogP contribution in [0.25, 0.3) is 11.0 Å². The van der Waals surface area contributed by atoms with E-state index in [0.717, 1.165) is 34.8 Å². The van der Waals surface area contributed by atoms with Gasteiger partial charge in [-0.15, -0.1) is 0 Å². The number of hydrogen-bond donors (Lipinski definition) is 0. The van der Waals surface area contributed by atoms with Crippen molar-refractivity contribution in [3.05, 3.63) is 89.7 Å². The lowest BCUT2D eigenvalue weighted by Gasteiger charge is -2.20. The van der Waals surface area contributed by atoms with Gasteiger partial charge in [0.1, 0.15) is 11.6 Å². The second-order valence-corrected chi connectivity index (χ2v) is 10.1. The molecule has 0 saturated carbocycles. The summed E-state index contributed by atoms with van der Waals surface area (Å²) < 4.78 is 7.55. The van der Waals surface area contributed by atoms with Gasteiger partial charge < -0.3 is 14.2 Å². The predicted octanol–water partition coefficient (Wildman–Crippen LogP) is 5.91. The van der Waals surface area contributed by atoms with Crippen molar-refractivity contribution in [1.82, 2.24) is 9.55 Å². The highest BCUT2D eigenvalue weighted by Crippen LogP contribution is 2.34. The van der Waals surface area contributed by atoms with E-state index < -0.39 is 0 Å². The molecule has 34 heavy (non-hydrogen) atoms. The normalized spacial score (nSPS) is 16.4. The zero-order valence-corrected chi connectivity index (χ0v) is 20.3. The summed E-state index contributed by atoms with van der Waals surface area (Å²) >= 11 is 0. The lowest BCUT2D eigenvalue weighted by Crippen LogP contribution is -2.24. The zero-order chi connectivity index (χ0) is 23.9. The Hall–Kier alpha value is -3.60. The van der Waals surface area contributed by atoms with Gasteiger partial charge >= 0.3 is 0 Å². The molecule has 5 rings (SSSR count). The first kappa shape index (κ1) is 22.2. The molecule has 174 valence electrons. The second kappa shape index (κ2) is 8.64. The highest BCUT2D eigenvalue weighted by molar-refractivity contribution is 5.96.